The fraction of sp³-hybridized carbons (Fsp3) is 1.00. The summed E-state index contributed by atoms with van der Waals surface area (Å²) in [6.07, 6.45) is 0.786. The zero-order valence-corrected chi connectivity index (χ0v) is 8.21. The number of aliphatic hydroxyl groups is 2. The van der Waals surface area contributed by atoms with E-state index in [0.717, 1.165) is 6.42 Å². The highest BCUT2D eigenvalue weighted by Crippen LogP contribution is 2.25. The second kappa shape index (κ2) is 5.51. The molecule has 2 N–H and O–H groups in total. The third kappa shape index (κ3) is 4.04. The molecule has 0 aliphatic heterocycles. The van der Waals surface area contributed by atoms with E-state index in [1.165, 1.54) is 0 Å². The maximum atomic E-state index is 9.10. The second-order valence-electron chi connectivity index (χ2n) is 3.89. The van der Waals surface area contributed by atoms with Gasteiger partial charge in [-0.15, -0.1) is 0 Å². The van der Waals surface area contributed by atoms with Gasteiger partial charge in [-0.05, 0) is 12.3 Å². The Balaban J connectivity index is 3.94. The lowest BCUT2D eigenvalue weighted by molar-refractivity contribution is 0.0199. The van der Waals surface area contributed by atoms with Gasteiger partial charge in [0.2, 0.25) is 0 Å². The Bertz CT molecular complexity index is 116. The van der Waals surface area contributed by atoms with Crippen molar-refractivity contribution < 1.29 is 14.9 Å². The van der Waals surface area contributed by atoms with E-state index in [4.69, 9.17) is 14.9 Å². The highest BCUT2D eigenvalue weighted by Gasteiger charge is 2.25. The van der Waals surface area contributed by atoms with Crippen molar-refractivity contribution in [2.45, 2.75) is 20.3 Å². The Hall–Kier alpha value is -0.120. The second-order valence-corrected chi connectivity index (χ2v) is 3.89. The Morgan fingerprint density at radius 3 is 2.33 bits per heavy atom. The van der Waals surface area contributed by atoms with Crippen LogP contribution < -0.4 is 0 Å². The average molecular weight is 176 g/mol. The maximum absolute atomic E-state index is 9.10. The molecule has 2 atom stereocenters. The molecule has 0 aliphatic carbocycles. The molecule has 0 heterocycles. The molecule has 0 aromatic rings. The van der Waals surface area contributed by atoms with Crippen LogP contribution in [-0.2, 0) is 4.74 Å². The lowest BCUT2D eigenvalue weighted by Crippen LogP contribution is -2.30. The first-order chi connectivity index (χ1) is 5.58. The minimum atomic E-state index is -0.211. The van der Waals surface area contributed by atoms with E-state index in [9.17, 15) is 0 Å². The van der Waals surface area contributed by atoms with Crippen LogP contribution in [0, 0.1) is 11.3 Å². The number of aliphatic hydroxyl groups excluding tert-OH is 2. The van der Waals surface area contributed by atoms with Gasteiger partial charge in [0.05, 0.1) is 13.2 Å². The first-order valence-corrected chi connectivity index (χ1v) is 4.28. The zero-order valence-electron chi connectivity index (χ0n) is 8.21. The molecule has 74 valence electrons. The van der Waals surface area contributed by atoms with Crippen LogP contribution in [0.15, 0.2) is 0 Å². The average Bonchev–Trinajstić information content (AvgIpc) is 2.05. The molecular weight excluding hydrogens is 156 g/mol. The van der Waals surface area contributed by atoms with Gasteiger partial charge in [-0.2, -0.15) is 0 Å². The van der Waals surface area contributed by atoms with E-state index in [-0.39, 0.29) is 24.5 Å². The van der Waals surface area contributed by atoms with Crippen molar-refractivity contribution in [2.75, 3.05) is 26.9 Å². The summed E-state index contributed by atoms with van der Waals surface area (Å²) in [5.41, 5.74) is -0.211. The summed E-state index contributed by atoms with van der Waals surface area (Å²) in [5, 5.41) is 17.9. The summed E-state index contributed by atoms with van der Waals surface area (Å²) in [6.45, 7) is 4.73. The number of methoxy groups -OCH3 is 1. The van der Waals surface area contributed by atoms with Crippen molar-refractivity contribution in [3.8, 4) is 0 Å². The first kappa shape index (κ1) is 11.9. The number of hydrogen-bond donors (Lipinski definition) is 2. The van der Waals surface area contributed by atoms with Gasteiger partial charge in [0.25, 0.3) is 0 Å². The van der Waals surface area contributed by atoms with Crippen LogP contribution in [0.2, 0.25) is 0 Å². The summed E-state index contributed by atoms with van der Waals surface area (Å²) in [6, 6.07) is 0. The van der Waals surface area contributed by atoms with E-state index >= 15 is 0 Å². The fourth-order valence-electron chi connectivity index (χ4n) is 1.42. The molecule has 0 aliphatic rings. The van der Waals surface area contributed by atoms with E-state index < -0.39 is 0 Å². The molecule has 0 fully saturated rings. The highest BCUT2D eigenvalue weighted by molar-refractivity contribution is 4.75. The Labute approximate surface area is 74.4 Å². The summed E-state index contributed by atoms with van der Waals surface area (Å²) < 4.78 is 5.00. The van der Waals surface area contributed by atoms with E-state index in [2.05, 4.69) is 0 Å². The molecule has 0 saturated heterocycles. The maximum Gasteiger partial charge on any atom is 0.0538 e. The molecule has 0 saturated carbocycles. The van der Waals surface area contributed by atoms with Gasteiger partial charge in [-0.1, -0.05) is 13.8 Å². The number of rotatable bonds is 6. The van der Waals surface area contributed by atoms with Crippen molar-refractivity contribution >= 4 is 0 Å². The summed E-state index contributed by atoms with van der Waals surface area (Å²) in [4.78, 5) is 0. The molecular formula is C9H20O3. The zero-order chi connectivity index (χ0) is 9.61. The summed E-state index contributed by atoms with van der Waals surface area (Å²) in [7, 11) is 1.62. The molecule has 0 aromatic carbocycles. The predicted octanol–water partition coefficient (Wildman–Crippen LogP) is 0.650. The van der Waals surface area contributed by atoms with Gasteiger partial charge < -0.3 is 14.9 Å². The Kier molecular flexibility index (Phi) is 5.46. The van der Waals surface area contributed by atoms with Crippen molar-refractivity contribution in [1.29, 1.82) is 0 Å². The largest absolute Gasteiger partial charge is 0.396 e. The van der Waals surface area contributed by atoms with Crippen molar-refractivity contribution in [1.82, 2.24) is 0 Å². The first-order valence-electron chi connectivity index (χ1n) is 4.28. The van der Waals surface area contributed by atoms with Crippen LogP contribution in [0.5, 0.6) is 0 Å². The van der Waals surface area contributed by atoms with Crippen LogP contribution in [0.1, 0.15) is 20.3 Å². The van der Waals surface area contributed by atoms with Crippen LogP contribution in [0.4, 0.5) is 0 Å². The van der Waals surface area contributed by atoms with Crippen molar-refractivity contribution in [3.63, 3.8) is 0 Å². The van der Waals surface area contributed by atoms with Crippen LogP contribution in [0.25, 0.3) is 0 Å². The monoisotopic (exact) mass is 176 g/mol. The van der Waals surface area contributed by atoms with E-state index in [1.807, 2.05) is 13.8 Å². The lowest BCUT2D eigenvalue weighted by Gasteiger charge is -2.28. The van der Waals surface area contributed by atoms with Crippen LogP contribution in [0.3, 0.4) is 0 Å². The topological polar surface area (TPSA) is 49.7 Å². The van der Waals surface area contributed by atoms with Crippen LogP contribution in [-0.4, -0.2) is 37.1 Å². The number of hydrogen-bond acceptors (Lipinski definition) is 3. The molecule has 0 aromatic heterocycles. The van der Waals surface area contributed by atoms with E-state index in [1.54, 1.807) is 7.11 Å². The molecule has 0 amide bonds. The molecule has 3 nitrogen and oxygen atoms in total. The normalized spacial score (nSPS) is 18.8. The van der Waals surface area contributed by atoms with Crippen LogP contribution >= 0.6 is 0 Å². The van der Waals surface area contributed by atoms with E-state index in [0.29, 0.717) is 6.61 Å². The third-order valence-electron chi connectivity index (χ3n) is 2.03. The quantitative estimate of drug-likeness (QED) is 0.624. The lowest BCUT2D eigenvalue weighted by atomic mass is 9.83. The van der Waals surface area contributed by atoms with Gasteiger partial charge in [0, 0.05) is 19.1 Å². The van der Waals surface area contributed by atoms with Crippen molar-refractivity contribution in [2.24, 2.45) is 11.3 Å². The van der Waals surface area contributed by atoms with Crippen molar-refractivity contribution in [3.05, 3.63) is 0 Å². The Morgan fingerprint density at radius 1 is 1.42 bits per heavy atom. The smallest absolute Gasteiger partial charge is 0.0538 e. The number of ether oxygens (including phenoxy) is 1. The third-order valence-corrected chi connectivity index (χ3v) is 2.03. The van der Waals surface area contributed by atoms with Gasteiger partial charge in [0.1, 0.15) is 0 Å². The summed E-state index contributed by atoms with van der Waals surface area (Å²) >= 11 is 0. The predicted molar refractivity (Wildman–Crippen MR) is 47.9 cm³/mol. The summed E-state index contributed by atoms with van der Waals surface area (Å²) in [5.74, 6) is 0.220. The molecule has 0 rings (SSSR count). The fourth-order valence-corrected chi connectivity index (χ4v) is 1.42. The van der Waals surface area contributed by atoms with Gasteiger partial charge in [-0.3, -0.25) is 0 Å². The van der Waals surface area contributed by atoms with Gasteiger partial charge >= 0.3 is 0 Å². The minimum Gasteiger partial charge on any atom is -0.396 e. The standard InChI is InChI=1S/C9H20O3/c1-8(5-10)4-9(2,6-11)7-12-3/h8,10-11H,4-7H2,1-3H3/t8-,9-/m0/s1. The molecule has 0 spiro atoms. The minimum absolute atomic E-state index is 0.102. The van der Waals surface area contributed by atoms with Gasteiger partial charge in [0.15, 0.2) is 0 Å². The molecule has 12 heavy (non-hydrogen) atoms. The molecule has 0 radical (unpaired) electrons. The SMILES string of the molecule is COC[C@](C)(CO)C[C@H](C)CO. The molecule has 0 bridgehead atoms. The molecule has 3 heteroatoms. The molecule has 0 unspecified atom stereocenters. The highest BCUT2D eigenvalue weighted by atomic mass is 16.5. The van der Waals surface area contributed by atoms with Gasteiger partial charge in [-0.25, -0.2) is 0 Å². The Morgan fingerprint density at radius 2 is 2.00 bits per heavy atom.